The van der Waals surface area contributed by atoms with Gasteiger partial charge in [0.05, 0.1) is 18.7 Å². The molecule has 1 aliphatic rings. The Bertz CT molecular complexity index is 1350. The summed E-state index contributed by atoms with van der Waals surface area (Å²) in [4.78, 5) is 9.37. The summed E-state index contributed by atoms with van der Waals surface area (Å²) in [6.07, 6.45) is 4.97. The van der Waals surface area contributed by atoms with Gasteiger partial charge in [0.1, 0.15) is 34.8 Å². The summed E-state index contributed by atoms with van der Waals surface area (Å²) in [5.74, 6) is -0.876. The monoisotopic (exact) mass is 498 g/mol. The summed E-state index contributed by atoms with van der Waals surface area (Å²) in [5, 5.41) is 5.93. The highest BCUT2D eigenvalue weighted by Crippen LogP contribution is 2.31. The predicted molar refractivity (Wildman–Crippen MR) is 130 cm³/mol. The van der Waals surface area contributed by atoms with Gasteiger partial charge in [0.25, 0.3) is 0 Å². The number of fused-ring (bicyclic) bond motifs is 2. The Morgan fingerprint density at radius 3 is 2.57 bits per heavy atom. The van der Waals surface area contributed by atoms with Crippen molar-refractivity contribution in [2.45, 2.75) is 38.6 Å². The lowest BCUT2D eigenvalue weighted by Gasteiger charge is -2.10. The summed E-state index contributed by atoms with van der Waals surface area (Å²) >= 11 is 6.55. The SMILES string of the molecule is COCCOc1cc(F)c(Cn2nc(-c3nc(Cl)c4c(n3)CCCCC4)c3ccccc32)c(F)c1. The number of nitrogens with zero attached hydrogens (tertiary/aromatic N) is 4. The minimum Gasteiger partial charge on any atom is -0.491 e. The van der Waals surface area contributed by atoms with Crippen LogP contribution < -0.4 is 4.74 Å². The van der Waals surface area contributed by atoms with Crippen LogP contribution in [-0.4, -0.2) is 40.1 Å². The van der Waals surface area contributed by atoms with Crippen LogP contribution in [0.15, 0.2) is 36.4 Å². The summed E-state index contributed by atoms with van der Waals surface area (Å²) < 4.78 is 41.6. The van der Waals surface area contributed by atoms with Crippen molar-refractivity contribution in [3.8, 4) is 17.3 Å². The Labute approximate surface area is 206 Å². The van der Waals surface area contributed by atoms with Crippen molar-refractivity contribution in [1.29, 1.82) is 0 Å². The Morgan fingerprint density at radius 1 is 1.00 bits per heavy atom. The van der Waals surface area contributed by atoms with Crippen molar-refractivity contribution in [3.63, 3.8) is 0 Å². The Morgan fingerprint density at radius 2 is 1.77 bits per heavy atom. The lowest BCUT2D eigenvalue weighted by Crippen LogP contribution is -2.09. The van der Waals surface area contributed by atoms with Gasteiger partial charge in [-0.05, 0) is 31.7 Å². The molecule has 2 heterocycles. The Kier molecular flexibility index (Phi) is 6.92. The summed E-state index contributed by atoms with van der Waals surface area (Å²) in [6, 6.07) is 9.85. The summed E-state index contributed by atoms with van der Waals surface area (Å²) in [6.45, 7) is 0.419. The minimum absolute atomic E-state index is 0.102. The molecule has 2 aromatic heterocycles. The molecule has 0 unspecified atom stereocenters. The van der Waals surface area contributed by atoms with Gasteiger partial charge in [-0.15, -0.1) is 0 Å². The summed E-state index contributed by atoms with van der Waals surface area (Å²) in [7, 11) is 1.53. The fourth-order valence-corrected chi connectivity index (χ4v) is 4.73. The molecule has 0 saturated carbocycles. The smallest absolute Gasteiger partial charge is 0.182 e. The summed E-state index contributed by atoms with van der Waals surface area (Å²) in [5.41, 5.74) is 3.11. The molecule has 182 valence electrons. The number of para-hydroxylation sites is 1. The molecule has 9 heteroatoms. The lowest BCUT2D eigenvalue weighted by molar-refractivity contribution is 0.146. The second kappa shape index (κ2) is 10.3. The van der Waals surface area contributed by atoms with Crippen LogP contribution in [0.5, 0.6) is 5.75 Å². The molecular formula is C26H25ClF2N4O2. The average Bonchev–Trinajstić information content (AvgIpc) is 3.02. The predicted octanol–water partition coefficient (Wildman–Crippen LogP) is 5.77. The average molecular weight is 499 g/mol. The number of aryl methyl sites for hydroxylation is 1. The molecule has 4 aromatic rings. The first kappa shape index (κ1) is 23.6. The van der Waals surface area contributed by atoms with Gasteiger partial charge in [0, 0.05) is 41.4 Å². The number of aromatic nitrogens is 4. The molecule has 35 heavy (non-hydrogen) atoms. The number of benzene rings is 2. The van der Waals surface area contributed by atoms with Gasteiger partial charge < -0.3 is 9.47 Å². The van der Waals surface area contributed by atoms with Crippen molar-refractivity contribution in [2.24, 2.45) is 0 Å². The molecule has 0 saturated heterocycles. The third-order valence-corrected chi connectivity index (χ3v) is 6.54. The second-order valence-electron chi connectivity index (χ2n) is 8.55. The zero-order valence-corrected chi connectivity index (χ0v) is 20.1. The Hall–Kier alpha value is -3.10. The maximum absolute atomic E-state index is 14.9. The molecule has 1 aliphatic carbocycles. The third kappa shape index (κ3) is 4.86. The second-order valence-corrected chi connectivity index (χ2v) is 8.91. The quantitative estimate of drug-likeness (QED) is 0.184. The number of rotatable bonds is 7. The van der Waals surface area contributed by atoms with Gasteiger partial charge in [-0.2, -0.15) is 5.10 Å². The van der Waals surface area contributed by atoms with Crippen LogP contribution in [0.1, 0.15) is 36.1 Å². The van der Waals surface area contributed by atoms with Crippen molar-refractivity contribution in [1.82, 2.24) is 19.7 Å². The van der Waals surface area contributed by atoms with Crippen molar-refractivity contribution < 1.29 is 18.3 Å². The van der Waals surface area contributed by atoms with E-state index in [0.29, 0.717) is 23.3 Å². The van der Waals surface area contributed by atoms with Crippen molar-refractivity contribution >= 4 is 22.5 Å². The van der Waals surface area contributed by atoms with E-state index in [2.05, 4.69) is 10.1 Å². The maximum Gasteiger partial charge on any atom is 0.182 e. The van der Waals surface area contributed by atoms with E-state index in [1.807, 2.05) is 24.3 Å². The fourth-order valence-electron chi connectivity index (χ4n) is 4.45. The van der Waals surface area contributed by atoms with Crippen LogP contribution in [-0.2, 0) is 24.1 Å². The van der Waals surface area contributed by atoms with E-state index in [4.69, 9.17) is 26.1 Å². The van der Waals surface area contributed by atoms with E-state index in [1.165, 1.54) is 19.2 Å². The van der Waals surface area contributed by atoms with Crippen LogP contribution in [0, 0.1) is 11.6 Å². The van der Waals surface area contributed by atoms with Gasteiger partial charge in [-0.1, -0.05) is 36.2 Å². The first-order chi connectivity index (χ1) is 17.0. The highest BCUT2D eigenvalue weighted by molar-refractivity contribution is 6.30. The van der Waals surface area contributed by atoms with Gasteiger partial charge >= 0.3 is 0 Å². The molecule has 0 bridgehead atoms. The first-order valence-corrected chi connectivity index (χ1v) is 12.0. The largest absolute Gasteiger partial charge is 0.491 e. The molecule has 5 rings (SSSR count). The Balaban J connectivity index is 1.53. The molecule has 0 atom stereocenters. The van der Waals surface area contributed by atoms with E-state index >= 15 is 0 Å². The van der Waals surface area contributed by atoms with E-state index in [1.54, 1.807) is 4.68 Å². The van der Waals surface area contributed by atoms with Crippen LogP contribution in [0.4, 0.5) is 8.78 Å². The van der Waals surface area contributed by atoms with Crippen molar-refractivity contribution in [2.75, 3.05) is 20.3 Å². The standard InChI is InChI=1S/C26H25ClF2N4O2/c1-34-11-12-35-16-13-20(28)19(21(29)14-16)15-33-23-10-6-5-8-18(23)24(32-33)26-30-22-9-4-2-3-7-17(22)25(27)31-26/h5-6,8,10,13-14H,2-4,7,9,11-12,15H2,1H3. The van der Waals surface area contributed by atoms with Gasteiger partial charge in [0.15, 0.2) is 5.82 Å². The van der Waals surface area contributed by atoms with E-state index < -0.39 is 11.6 Å². The molecule has 0 radical (unpaired) electrons. The number of ether oxygens (including phenoxy) is 2. The van der Waals surface area contributed by atoms with E-state index in [-0.39, 0.29) is 24.5 Å². The molecule has 0 fully saturated rings. The first-order valence-electron chi connectivity index (χ1n) is 11.7. The molecule has 0 spiro atoms. The third-order valence-electron chi connectivity index (χ3n) is 6.23. The zero-order chi connectivity index (χ0) is 24.4. The van der Waals surface area contributed by atoms with Crippen molar-refractivity contribution in [3.05, 3.63) is 70.0 Å². The lowest BCUT2D eigenvalue weighted by atomic mass is 10.1. The topological polar surface area (TPSA) is 62.1 Å². The van der Waals surface area contributed by atoms with E-state index in [9.17, 15) is 8.78 Å². The highest BCUT2D eigenvalue weighted by Gasteiger charge is 2.21. The van der Waals surface area contributed by atoms with Gasteiger partial charge in [0.2, 0.25) is 0 Å². The molecule has 6 nitrogen and oxygen atoms in total. The highest BCUT2D eigenvalue weighted by atomic mass is 35.5. The molecule has 2 aromatic carbocycles. The molecule has 0 amide bonds. The molecule has 0 N–H and O–H groups in total. The molecule has 0 aliphatic heterocycles. The normalized spacial score (nSPS) is 13.6. The van der Waals surface area contributed by atoms with Gasteiger partial charge in [-0.3, -0.25) is 4.68 Å². The zero-order valence-electron chi connectivity index (χ0n) is 19.4. The number of hydrogen-bond acceptors (Lipinski definition) is 5. The molecular weight excluding hydrogens is 474 g/mol. The van der Waals surface area contributed by atoms with Crippen LogP contribution in [0.3, 0.4) is 0 Å². The number of methoxy groups -OCH3 is 1. The number of halogens is 3. The fraction of sp³-hybridized carbons (Fsp3) is 0.346. The number of hydrogen-bond donors (Lipinski definition) is 0. The van der Waals surface area contributed by atoms with Gasteiger partial charge in [-0.25, -0.2) is 18.7 Å². The maximum atomic E-state index is 14.9. The minimum atomic E-state index is -0.706. The van der Waals surface area contributed by atoms with Crippen LogP contribution in [0.2, 0.25) is 5.15 Å². The van der Waals surface area contributed by atoms with Crippen LogP contribution in [0.25, 0.3) is 22.4 Å². The van der Waals surface area contributed by atoms with E-state index in [0.717, 1.165) is 54.3 Å². The van der Waals surface area contributed by atoms with Crippen LogP contribution >= 0.6 is 11.6 Å².